The van der Waals surface area contributed by atoms with Gasteiger partial charge in [-0.25, -0.2) is 4.98 Å². The van der Waals surface area contributed by atoms with E-state index in [2.05, 4.69) is 21.7 Å². The van der Waals surface area contributed by atoms with Gasteiger partial charge in [-0.1, -0.05) is 0 Å². The number of amides is 1. The van der Waals surface area contributed by atoms with Crippen molar-refractivity contribution in [3.05, 3.63) is 16.1 Å². The van der Waals surface area contributed by atoms with E-state index in [0.29, 0.717) is 5.91 Å². The maximum absolute atomic E-state index is 12.6. The molecule has 4 rings (SSSR count). The molecule has 25 heavy (non-hydrogen) atoms. The third-order valence-corrected chi connectivity index (χ3v) is 7.04. The molecular weight excluding hydrogens is 334 g/mol. The molecule has 5 nitrogen and oxygen atoms in total. The van der Waals surface area contributed by atoms with Gasteiger partial charge in [-0.2, -0.15) is 0 Å². The van der Waals surface area contributed by atoms with Crippen molar-refractivity contribution in [2.24, 2.45) is 0 Å². The van der Waals surface area contributed by atoms with E-state index in [-0.39, 0.29) is 11.6 Å². The molecule has 0 bridgehead atoms. The molecule has 1 amide bonds. The third-order valence-electron chi connectivity index (χ3n) is 6.15. The van der Waals surface area contributed by atoms with Gasteiger partial charge >= 0.3 is 0 Å². The summed E-state index contributed by atoms with van der Waals surface area (Å²) in [6.45, 7) is 6.95. The quantitative estimate of drug-likeness (QED) is 0.825. The Morgan fingerprint density at radius 1 is 1.32 bits per heavy atom. The van der Waals surface area contributed by atoms with Crippen molar-refractivity contribution in [3.8, 4) is 0 Å². The number of carbonyl (C=O) groups excluding carboxylic acids is 1. The lowest BCUT2D eigenvalue weighted by molar-refractivity contribution is -0.133. The molecule has 0 aromatic carbocycles. The first-order chi connectivity index (χ1) is 12.1. The van der Waals surface area contributed by atoms with Crippen molar-refractivity contribution >= 4 is 17.2 Å². The van der Waals surface area contributed by atoms with Crippen LogP contribution in [0.4, 0.5) is 0 Å². The fourth-order valence-corrected chi connectivity index (χ4v) is 5.61. The van der Waals surface area contributed by atoms with Crippen LogP contribution in [-0.4, -0.2) is 58.6 Å². The minimum Gasteiger partial charge on any atom is -0.376 e. The standard InChI is InChI=1S/C19H29N3O2S/c1-15-20-12-17(25-15)14-21-9-3-6-19(8-10-21)7-5-18(23)22(19)13-16-4-2-11-24-16/h12,16H,2-11,13-14H2,1H3/t16-,19+/m1/s1. The smallest absolute Gasteiger partial charge is 0.223 e. The topological polar surface area (TPSA) is 45.7 Å². The number of aryl methyl sites for hydroxylation is 1. The van der Waals surface area contributed by atoms with Gasteiger partial charge in [0.05, 0.1) is 11.1 Å². The van der Waals surface area contributed by atoms with Gasteiger partial charge in [-0.15, -0.1) is 11.3 Å². The highest BCUT2D eigenvalue weighted by Gasteiger charge is 2.46. The van der Waals surface area contributed by atoms with E-state index in [0.717, 1.165) is 76.3 Å². The Balaban J connectivity index is 1.41. The van der Waals surface area contributed by atoms with Gasteiger partial charge in [0.25, 0.3) is 0 Å². The Morgan fingerprint density at radius 3 is 3.00 bits per heavy atom. The van der Waals surface area contributed by atoms with Crippen molar-refractivity contribution in [3.63, 3.8) is 0 Å². The highest BCUT2D eigenvalue weighted by molar-refractivity contribution is 7.11. The number of hydrogen-bond donors (Lipinski definition) is 0. The van der Waals surface area contributed by atoms with E-state index in [9.17, 15) is 4.79 Å². The second kappa shape index (κ2) is 7.33. The van der Waals surface area contributed by atoms with E-state index < -0.39 is 0 Å². The SMILES string of the molecule is Cc1ncc(CN2CCC[C@]3(CCC(=O)N3C[C@H]3CCCO3)CC2)s1. The van der Waals surface area contributed by atoms with Crippen molar-refractivity contribution in [2.45, 2.75) is 70.1 Å². The lowest BCUT2D eigenvalue weighted by Gasteiger charge is -2.39. The molecule has 0 aliphatic carbocycles. The summed E-state index contributed by atoms with van der Waals surface area (Å²) in [6.07, 6.45) is 9.70. The number of hydrogen-bond acceptors (Lipinski definition) is 5. The first-order valence-corrected chi connectivity index (χ1v) is 10.5. The Kier molecular flexibility index (Phi) is 5.11. The minimum absolute atomic E-state index is 0.0847. The summed E-state index contributed by atoms with van der Waals surface area (Å²) in [5, 5.41) is 1.14. The number of nitrogens with zero attached hydrogens (tertiary/aromatic N) is 3. The van der Waals surface area contributed by atoms with Crippen LogP contribution in [0.1, 0.15) is 54.8 Å². The predicted octanol–water partition coefficient (Wildman–Crippen LogP) is 2.98. The molecule has 3 aliphatic heterocycles. The van der Waals surface area contributed by atoms with Crippen LogP contribution >= 0.6 is 11.3 Å². The number of ether oxygens (including phenoxy) is 1. The van der Waals surface area contributed by atoms with Crippen LogP contribution in [0.2, 0.25) is 0 Å². The molecule has 6 heteroatoms. The summed E-state index contributed by atoms with van der Waals surface area (Å²) in [6, 6.07) is 0. The second-order valence-electron chi connectivity index (χ2n) is 7.84. The zero-order valence-electron chi connectivity index (χ0n) is 15.2. The van der Waals surface area contributed by atoms with Crippen LogP contribution in [0.5, 0.6) is 0 Å². The van der Waals surface area contributed by atoms with Gasteiger partial charge in [0.15, 0.2) is 0 Å². The zero-order chi connectivity index (χ0) is 17.3. The summed E-state index contributed by atoms with van der Waals surface area (Å²) >= 11 is 1.80. The maximum atomic E-state index is 12.6. The van der Waals surface area contributed by atoms with Crippen molar-refractivity contribution < 1.29 is 9.53 Å². The van der Waals surface area contributed by atoms with Gasteiger partial charge < -0.3 is 9.64 Å². The number of rotatable bonds is 4. The van der Waals surface area contributed by atoms with Crippen LogP contribution in [0.15, 0.2) is 6.20 Å². The molecule has 1 aromatic rings. The summed E-state index contributed by atoms with van der Waals surface area (Å²) < 4.78 is 5.82. The summed E-state index contributed by atoms with van der Waals surface area (Å²) in [5.41, 5.74) is 0.0847. The van der Waals surface area contributed by atoms with E-state index in [4.69, 9.17) is 4.74 Å². The van der Waals surface area contributed by atoms with Gasteiger partial charge in [-0.05, 0) is 52.0 Å². The number of likely N-dealkylation sites (tertiary alicyclic amines) is 2. The van der Waals surface area contributed by atoms with Crippen molar-refractivity contribution in [1.82, 2.24) is 14.8 Å². The molecule has 3 saturated heterocycles. The van der Waals surface area contributed by atoms with E-state index in [1.54, 1.807) is 11.3 Å². The molecule has 3 aliphatic rings. The Morgan fingerprint density at radius 2 is 2.24 bits per heavy atom. The van der Waals surface area contributed by atoms with Crippen molar-refractivity contribution in [2.75, 3.05) is 26.2 Å². The fourth-order valence-electron chi connectivity index (χ4n) is 4.77. The van der Waals surface area contributed by atoms with Crippen molar-refractivity contribution in [1.29, 1.82) is 0 Å². The highest BCUT2D eigenvalue weighted by Crippen LogP contribution is 2.40. The fraction of sp³-hybridized carbons (Fsp3) is 0.789. The molecule has 0 unspecified atom stereocenters. The maximum Gasteiger partial charge on any atom is 0.223 e. The van der Waals surface area contributed by atoms with Crippen LogP contribution in [0, 0.1) is 6.92 Å². The van der Waals surface area contributed by atoms with Gasteiger partial charge in [0.2, 0.25) is 5.91 Å². The summed E-state index contributed by atoms with van der Waals surface area (Å²) in [4.78, 5) is 23.1. The Labute approximate surface area is 154 Å². The zero-order valence-corrected chi connectivity index (χ0v) is 16.0. The van der Waals surface area contributed by atoms with E-state index in [1.165, 1.54) is 11.3 Å². The lowest BCUT2D eigenvalue weighted by Crippen LogP contribution is -2.49. The number of aromatic nitrogens is 1. The van der Waals surface area contributed by atoms with Crippen LogP contribution in [0.3, 0.4) is 0 Å². The molecule has 0 saturated carbocycles. The highest BCUT2D eigenvalue weighted by atomic mass is 32.1. The molecule has 1 spiro atoms. The lowest BCUT2D eigenvalue weighted by atomic mass is 9.87. The molecule has 0 N–H and O–H groups in total. The van der Waals surface area contributed by atoms with Gasteiger partial charge in [0.1, 0.15) is 0 Å². The Hall–Kier alpha value is -0.980. The molecule has 2 atom stereocenters. The third kappa shape index (κ3) is 3.76. The molecule has 0 radical (unpaired) electrons. The average molecular weight is 364 g/mol. The van der Waals surface area contributed by atoms with Crippen LogP contribution < -0.4 is 0 Å². The normalized spacial score (nSPS) is 31.2. The summed E-state index contributed by atoms with van der Waals surface area (Å²) in [5.74, 6) is 0.349. The number of carbonyl (C=O) groups is 1. The minimum atomic E-state index is 0.0847. The first kappa shape index (κ1) is 17.4. The first-order valence-electron chi connectivity index (χ1n) is 9.70. The second-order valence-corrected chi connectivity index (χ2v) is 9.16. The molecule has 3 fully saturated rings. The van der Waals surface area contributed by atoms with E-state index >= 15 is 0 Å². The number of thiazole rings is 1. The Bertz CT molecular complexity index is 614. The molecular formula is C19H29N3O2S. The van der Waals surface area contributed by atoms with Crippen LogP contribution in [-0.2, 0) is 16.1 Å². The molecule has 138 valence electrons. The van der Waals surface area contributed by atoms with E-state index in [1.807, 2.05) is 6.20 Å². The van der Waals surface area contributed by atoms with Gasteiger partial charge in [-0.3, -0.25) is 9.69 Å². The largest absolute Gasteiger partial charge is 0.376 e. The average Bonchev–Trinajstić information content (AvgIpc) is 3.27. The molecule has 1 aromatic heterocycles. The predicted molar refractivity (Wildman–Crippen MR) is 98.6 cm³/mol. The summed E-state index contributed by atoms with van der Waals surface area (Å²) in [7, 11) is 0. The molecule has 4 heterocycles. The van der Waals surface area contributed by atoms with Gasteiger partial charge in [0, 0.05) is 49.3 Å². The van der Waals surface area contributed by atoms with Crippen LogP contribution in [0.25, 0.3) is 0 Å². The monoisotopic (exact) mass is 363 g/mol.